The van der Waals surface area contributed by atoms with Crippen LogP contribution in [-0.2, 0) is 11.2 Å². The van der Waals surface area contributed by atoms with Crippen molar-refractivity contribution in [3.05, 3.63) is 59.4 Å². The zero-order chi connectivity index (χ0) is 19.3. The maximum Gasteiger partial charge on any atom is 0.230 e. The second-order valence-electron chi connectivity index (χ2n) is 6.04. The first-order valence-corrected chi connectivity index (χ1v) is 10.1. The first-order chi connectivity index (χ1) is 13.7. The second kappa shape index (κ2) is 8.45. The summed E-state index contributed by atoms with van der Waals surface area (Å²) >= 11 is 7.43. The molecule has 0 spiro atoms. The summed E-state index contributed by atoms with van der Waals surface area (Å²) in [4.78, 5) is 24.2. The number of halogens is 1. The Hall–Kier alpha value is -2.84. The summed E-state index contributed by atoms with van der Waals surface area (Å²) in [5, 5.41) is 11.0. The van der Waals surface area contributed by atoms with Crippen molar-refractivity contribution < 1.29 is 4.79 Å². The lowest BCUT2D eigenvalue weighted by Gasteiger charge is -2.02. The van der Waals surface area contributed by atoms with Crippen LogP contribution in [0.3, 0.4) is 0 Å². The minimum Gasteiger partial charge on any atom is -0.355 e. The van der Waals surface area contributed by atoms with Crippen LogP contribution in [0.4, 0.5) is 0 Å². The number of benzene rings is 2. The van der Waals surface area contributed by atoms with Crippen molar-refractivity contribution in [2.75, 3.05) is 12.3 Å². The fourth-order valence-corrected chi connectivity index (χ4v) is 3.56. The summed E-state index contributed by atoms with van der Waals surface area (Å²) in [5.74, 6) is 1.59. The molecule has 0 saturated carbocycles. The molecule has 0 aliphatic carbocycles. The number of nitrogens with one attached hydrogen (secondary N) is 3. The summed E-state index contributed by atoms with van der Waals surface area (Å²) in [6, 6.07) is 15.2. The number of H-pyrrole nitrogens is 2. The van der Waals surface area contributed by atoms with Crippen LogP contribution in [0.2, 0.25) is 5.02 Å². The van der Waals surface area contributed by atoms with Gasteiger partial charge in [0.2, 0.25) is 11.1 Å². The number of carbonyl (C=O) groups is 1. The summed E-state index contributed by atoms with van der Waals surface area (Å²) in [6.07, 6.45) is 0.641. The molecule has 0 atom stereocenters. The lowest BCUT2D eigenvalue weighted by molar-refractivity contribution is -0.118. The normalized spacial score (nSPS) is 11.0. The minimum atomic E-state index is -0.0785. The third kappa shape index (κ3) is 4.35. The van der Waals surface area contributed by atoms with Crippen molar-refractivity contribution in [3.8, 4) is 11.4 Å². The predicted molar refractivity (Wildman–Crippen MR) is 110 cm³/mol. The number of nitrogens with zero attached hydrogens (tertiary/aromatic N) is 3. The van der Waals surface area contributed by atoms with E-state index in [2.05, 4.69) is 30.5 Å². The summed E-state index contributed by atoms with van der Waals surface area (Å²) in [7, 11) is 0. The van der Waals surface area contributed by atoms with Gasteiger partial charge in [-0.3, -0.25) is 9.89 Å². The molecule has 4 aromatic rings. The molecule has 2 aromatic heterocycles. The van der Waals surface area contributed by atoms with E-state index in [4.69, 9.17) is 11.6 Å². The summed E-state index contributed by atoms with van der Waals surface area (Å²) in [5.41, 5.74) is 2.70. The number of aromatic amines is 2. The fourth-order valence-electron chi connectivity index (χ4n) is 2.71. The van der Waals surface area contributed by atoms with Crippen molar-refractivity contribution in [2.45, 2.75) is 11.6 Å². The number of aromatic nitrogens is 5. The number of fused-ring (bicyclic) bond motifs is 1. The average molecular weight is 413 g/mol. The van der Waals surface area contributed by atoms with Crippen LogP contribution in [-0.4, -0.2) is 43.4 Å². The van der Waals surface area contributed by atoms with Crippen molar-refractivity contribution in [3.63, 3.8) is 0 Å². The molecule has 0 aliphatic heterocycles. The first kappa shape index (κ1) is 18.5. The molecule has 1 amide bonds. The number of hydrogen-bond acceptors (Lipinski definition) is 5. The molecule has 2 aromatic carbocycles. The monoisotopic (exact) mass is 412 g/mol. The van der Waals surface area contributed by atoms with E-state index in [0.717, 1.165) is 22.4 Å². The van der Waals surface area contributed by atoms with Gasteiger partial charge in [0.1, 0.15) is 5.82 Å². The highest BCUT2D eigenvalue weighted by Gasteiger charge is 2.11. The Bertz CT molecular complexity index is 1080. The summed E-state index contributed by atoms with van der Waals surface area (Å²) < 4.78 is 0. The number of rotatable bonds is 7. The largest absolute Gasteiger partial charge is 0.355 e. The number of amides is 1. The van der Waals surface area contributed by atoms with Gasteiger partial charge in [0.05, 0.1) is 21.8 Å². The molecule has 0 bridgehead atoms. The summed E-state index contributed by atoms with van der Waals surface area (Å²) in [6.45, 7) is 0.512. The van der Waals surface area contributed by atoms with E-state index in [1.54, 1.807) is 6.07 Å². The Morgan fingerprint density at radius 3 is 2.79 bits per heavy atom. The highest BCUT2D eigenvalue weighted by molar-refractivity contribution is 7.99. The van der Waals surface area contributed by atoms with Crippen LogP contribution >= 0.6 is 23.4 Å². The van der Waals surface area contributed by atoms with E-state index >= 15 is 0 Å². The Morgan fingerprint density at radius 2 is 1.93 bits per heavy atom. The van der Waals surface area contributed by atoms with Gasteiger partial charge in [0.25, 0.3) is 0 Å². The van der Waals surface area contributed by atoms with Crippen LogP contribution in [0.15, 0.2) is 53.7 Å². The molecule has 28 heavy (non-hydrogen) atoms. The molecule has 0 saturated heterocycles. The van der Waals surface area contributed by atoms with E-state index in [0.29, 0.717) is 29.0 Å². The van der Waals surface area contributed by atoms with Crippen molar-refractivity contribution in [1.82, 2.24) is 30.5 Å². The first-order valence-electron chi connectivity index (χ1n) is 8.69. The lowest BCUT2D eigenvalue weighted by Crippen LogP contribution is -2.27. The lowest BCUT2D eigenvalue weighted by atomic mass is 10.2. The van der Waals surface area contributed by atoms with Crippen LogP contribution in [0.25, 0.3) is 22.4 Å². The number of para-hydroxylation sites is 2. The SMILES string of the molecule is O=C(CSc1n[nH]c(-c2ccccc2Cl)n1)NCCc1nc2ccccc2[nH]1. The maximum atomic E-state index is 12.1. The standard InChI is InChI=1S/C19H17ClN6OS/c20-13-6-2-1-5-12(13)18-24-19(26-25-18)28-11-17(27)21-10-9-16-22-14-7-3-4-8-15(14)23-16/h1-8H,9-11H2,(H,21,27)(H,22,23)(H,24,25,26). The van der Waals surface area contributed by atoms with Gasteiger partial charge in [-0.15, -0.1) is 5.10 Å². The molecule has 2 heterocycles. The zero-order valence-electron chi connectivity index (χ0n) is 14.8. The van der Waals surface area contributed by atoms with Gasteiger partial charge in [-0.1, -0.05) is 47.6 Å². The fraction of sp³-hybridized carbons (Fsp3) is 0.158. The van der Waals surface area contributed by atoms with Gasteiger partial charge in [0.15, 0.2) is 5.82 Å². The van der Waals surface area contributed by atoms with E-state index in [-0.39, 0.29) is 11.7 Å². The van der Waals surface area contributed by atoms with Crippen LogP contribution in [0, 0.1) is 0 Å². The highest BCUT2D eigenvalue weighted by atomic mass is 35.5. The third-order valence-corrected chi connectivity index (χ3v) is 5.23. The molecule has 9 heteroatoms. The average Bonchev–Trinajstić information content (AvgIpc) is 3.33. The van der Waals surface area contributed by atoms with Crippen LogP contribution < -0.4 is 5.32 Å². The zero-order valence-corrected chi connectivity index (χ0v) is 16.3. The quantitative estimate of drug-likeness (QED) is 0.404. The Labute approximate surface area is 170 Å². The number of thioether (sulfide) groups is 1. The van der Waals surface area contributed by atoms with Gasteiger partial charge in [-0.05, 0) is 24.3 Å². The number of imidazole rings is 1. The van der Waals surface area contributed by atoms with Crippen molar-refractivity contribution >= 4 is 40.3 Å². The van der Waals surface area contributed by atoms with Gasteiger partial charge in [0, 0.05) is 18.5 Å². The van der Waals surface area contributed by atoms with Crippen molar-refractivity contribution in [2.24, 2.45) is 0 Å². The molecule has 0 unspecified atom stereocenters. The van der Waals surface area contributed by atoms with E-state index in [9.17, 15) is 4.79 Å². The second-order valence-corrected chi connectivity index (χ2v) is 7.39. The van der Waals surface area contributed by atoms with E-state index in [1.807, 2.05) is 42.5 Å². The molecule has 142 valence electrons. The van der Waals surface area contributed by atoms with Gasteiger partial charge >= 0.3 is 0 Å². The van der Waals surface area contributed by atoms with Gasteiger partial charge < -0.3 is 10.3 Å². The van der Waals surface area contributed by atoms with Crippen LogP contribution in [0.1, 0.15) is 5.82 Å². The Kier molecular flexibility index (Phi) is 5.59. The molecular formula is C19H17ClN6OS. The number of hydrogen-bond donors (Lipinski definition) is 3. The minimum absolute atomic E-state index is 0.0785. The maximum absolute atomic E-state index is 12.1. The molecular weight excluding hydrogens is 396 g/mol. The molecule has 0 fully saturated rings. The predicted octanol–water partition coefficient (Wildman–Crippen LogP) is 3.45. The Balaban J connectivity index is 1.25. The van der Waals surface area contributed by atoms with Crippen molar-refractivity contribution in [1.29, 1.82) is 0 Å². The van der Waals surface area contributed by atoms with Crippen LogP contribution in [0.5, 0.6) is 0 Å². The molecule has 3 N–H and O–H groups in total. The number of carbonyl (C=O) groups excluding carboxylic acids is 1. The molecule has 0 radical (unpaired) electrons. The molecule has 0 aliphatic rings. The van der Waals surface area contributed by atoms with E-state index in [1.165, 1.54) is 11.8 Å². The third-order valence-electron chi connectivity index (χ3n) is 4.05. The highest BCUT2D eigenvalue weighted by Crippen LogP contribution is 2.25. The molecule has 7 nitrogen and oxygen atoms in total. The van der Waals surface area contributed by atoms with Gasteiger partial charge in [-0.25, -0.2) is 9.97 Å². The van der Waals surface area contributed by atoms with E-state index < -0.39 is 0 Å². The van der Waals surface area contributed by atoms with Gasteiger partial charge in [-0.2, -0.15) is 0 Å². The molecule has 4 rings (SSSR count). The smallest absolute Gasteiger partial charge is 0.230 e. The Morgan fingerprint density at radius 1 is 1.11 bits per heavy atom. The topological polar surface area (TPSA) is 99.3 Å².